The molecule has 0 bridgehead atoms. The van der Waals surface area contributed by atoms with Gasteiger partial charge in [0.05, 0.1) is 0 Å². The molecule has 2 nitrogen and oxygen atoms in total. The fourth-order valence-corrected chi connectivity index (χ4v) is 3.89. The Bertz CT molecular complexity index is 679. The van der Waals surface area contributed by atoms with Crippen LogP contribution in [0.15, 0.2) is 48.5 Å². The number of hydrogen-bond acceptors (Lipinski definition) is 2. The second-order valence-electron chi connectivity index (χ2n) is 4.63. The lowest BCUT2D eigenvalue weighted by Gasteiger charge is -2.17. The zero-order valence-corrected chi connectivity index (χ0v) is 12.4. The van der Waals surface area contributed by atoms with E-state index in [-0.39, 0.29) is 0 Å². The maximum Gasteiger partial charge on any atom is 0.243 e. The van der Waals surface area contributed by atoms with Crippen LogP contribution in [0.4, 0.5) is 0 Å². The van der Waals surface area contributed by atoms with Crippen LogP contribution >= 0.6 is 10.7 Å². The molecule has 100 valence electrons. The van der Waals surface area contributed by atoms with Crippen LogP contribution in [-0.4, -0.2) is 8.42 Å². The highest BCUT2D eigenvalue weighted by Crippen LogP contribution is 2.34. The highest BCUT2D eigenvalue weighted by molar-refractivity contribution is 8.14. The van der Waals surface area contributed by atoms with E-state index in [1.165, 1.54) is 0 Å². The zero-order chi connectivity index (χ0) is 14.0. The van der Waals surface area contributed by atoms with Gasteiger partial charge in [-0.1, -0.05) is 54.1 Å². The summed E-state index contributed by atoms with van der Waals surface area (Å²) in [6, 6.07) is 14.7. The third-order valence-electron chi connectivity index (χ3n) is 3.09. The molecule has 2 rings (SSSR count). The zero-order valence-electron chi connectivity index (χ0n) is 10.8. The van der Waals surface area contributed by atoms with E-state index in [4.69, 9.17) is 10.7 Å². The SMILES string of the molecule is Cc1ccc(C(c2ccccc2)S(=O)(=O)Cl)c(C)c1. The van der Waals surface area contributed by atoms with Crippen LogP contribution in [0.5, 0.6) is 0 Å². The molecule has 19 heavy (non-hydrogen) atoms. The monoisotopic (exact) mass is 294 g/mol. The van der Waals surface area contributed by atoms with Gasteiger partial charge in [0.15, 0.2) is 0 Å². The van der Waals surface area contributed by atoms with E-state index in [0.717, 1.165) is 16.7 Å². The van der Waals surface area contributed by atoms with Crippen molar-refractivity contribution in [3.05, 3.63) is 70.8 Å². The molecule has 0 saturated heterocycles. The topological polar surface area (TPSA) is 34.1 Å². The minimum Gasteiger partial charge on any atom is -0.211 e. The van der Waals surface area contributed by atoms with E-state index < -0.39 is 14.3 Å². The molecule has 1 unspecified atom stereocenters. The summed E-state index contributed by atoms with van der Waals surface area (Å²) in [4.78, 5) is 0. The van der Waals surface area contributed by atoms with Crippen molar-refractivity contribution < 1.29 is 8.42 Å². The lowest BCUT2D eigenvalue weighted by Crippen LogP contribution is -2.10. The van der Waals surface area contributed by atoms with E-state index in [0.29, 0.717) is 5.56 Å². The molecule has 4 heteroatoms. The standard InChI is InChI=1S/C15H15ClO2S/c1-11-8-9-14(12(2)10-11)15(19(16,17)18)13-6-4-3-5-7-13/h3-10,15H,1-2H3. The van der Waals surface area contributed by atoms with Gasteiger partial charge in [-0.3, -0.25) is 0 Å². The van der Waals surface area contributed by atoms with E-state index in [1.54, 1.807) is 12.1 Å². The highest BCUT2D eigenvalue weighted by Gasteiger charge is 2.28. The average Bonchev–Trinajstić information content (AvgIpc) is 2.32. The summed E-state index contributed by atoms with van der Waals surface area (Å²) in [7, 11) is 1.92. The van der Waals surface area contributed by atoms with Crippen molar-refractivity contribution in [2.24, 2.45) is 0 Å². The fraction of sp³-hybridized carbons (Fsp3) is 0.200. The van der Waals surface area contributed by atoms with Gasteiger partial charge in [-0.15, -0.1) is 0 Å². The molecule has 0 radical (unpaired) electrons. The number of hydrogen-bond donors (Lipinski definition) is 0. The molecule has 0 N–H and O–H groups in total. The van der Waals surface area contributed by atoms with Gasteiger partial charge < -0.3 is 0 Å². The van der Waals surface area contributed by atoms with Crippen LogP contribution in [0.25, 0.3) is 0 Å². The van der Waals surface area contributed by atoms with Crippen LogP contribution in [0.1, 0.15) is 27.5 Å². The first-order valence-electron chi connectivity index (χ1n) is 5.95. The normalized spacial score (nSPS) is 13.2. The summed E-state index contributed by atoms with van der Waals surface area (Å²) in [5, 5.41) is -0.823. The molecule has 0 spiro atoms. The van der Waals surface area contributed by atoms with Crippen molar-refractivity contribution in [1.82, 2.24) is 0 Å². The largest absolute Gasteiger partial charge is 0.243 e. The predicted octanol–water partition coefficient (Wildman–Crippen LogP) is 3.96. The molecule has 0 aliphatic carbocycles. The Hall–Kier alpha value is -1.32. The Balaban J connectivity index is 2.63. The smallest absolute Gasteiger partial charge is 0.211 e. The molecule has 1 atom stereocenters. The Labute approximate surface area is 118 Å². The molecule has 0 heterocycles. The number of rotatable bonds is 3. The number of benzene rings is 2. The quantitative estimate of drug-likeness (QED) is 0.803. The third-order valence-corrected chi connectivity index (χ3v) is 4.72. The third kappa shape index (κ3) is 3.17. The molecule has 0 aromatic heterocycles. The molecule has 0 amide bonds. The maximum atomic E-state index is 11.9. The van der Waals surface area contributed by atoms with E-state index in [1.807, 2.05) is 50.2 Å². The maximum absolute atomic E-state index is 11.9. The van der Waals surface area contributed by atoms with Crippen molar-refractivity contribution in [2.45, 2.75) is 19.1 Å². The lowest BCUT2D eigenvalue weighted by molar-refractivity contribution is 0.603. The van der Waals surface area contributed by atoms with Gasteiger partial charge >= 0.3 is 0 Å². The van der Waals surface area contributed by atoms with Gasteiger partial charge in [-0.2, -0.15) is 0 Å². The molecule has 0 aliphatic rings. The van der Waals surface area contributed by atoms with Crippen LogP contribution in [0.2, 0.25) is 0 Å². The first-order valence-corrected chi connectivity index (χ1v) is 8.32. The van der Waals surface area contributed by atoms with Gasteiger partial charge in [0, 0.05) is 10.7 Å². The number of aryl methyl sites for hydroxylation is 2. The molecule has 0 saturated carbocycles. The predicted molar refractivity (Wildman–Crippen MR) is 79.0 cm³/mol. The van der Waals surface area contributed by atoms with E-state index in [9.17, 15) is 8.42 Å². The van der Waals surface area contributed by atoms with Gasteiger partial charge in [0.2, 0.25) is 9.05 Å². The average molecular weight is 295 g/mol. The van der Waals surface area contributed by atoms with Crippen molar-refractivity contribution >= 4 is 19.7 Å². The van der Waals surface area contributed by atoms with Crippen molar-refractivity contribution in [3.8, 4) is 0 Å². The van der Waals surface area contributed by atoms with Gasteiger partial charge in [-0.25, -0.2) is 8.42 Å². The van der Waals surface area contributed by atoms with E-state index in [2.05, 4.69) is 0 Å². The molecule has 0 fully saturated rings. The fourth-order valence-electron chi connectivity index (χ4n) is 2.24. The van der Waals surface area contributed by atoms with Crippen LogP contribution < -0.4 is 0 Å². The Morgan fingerprint density at radius 1 is 1.00 bits per heavy atom. The van der Waals surface area contributed by atoms with Gasteiger partial charge in [0.1, 0.15) is 5.25 Å². The Kier molecular flexibility index (Phi) is 3.97. The van der Waals surface area contributed by atoms with Crippen molar-refractivity contribution in [1.29, 1.82) is 0 Å². The summed E-state index contributed by atoms with van der Waals surface area (Å²) < 4.78 is 23.9. The van der Waals surface area contributed by atoms with Crippen LogP contribution in [0.3, 0.4) is 0 Å². The second kappa shape index (κ2) is 5.35. The minimum absolute atomic E-state index is 0.685. The van der Waals surface area contributed by atoms with Gasteiger partial charge in [-0.05, 0) is 30.5 Å². The van der Waals surface area contributed by atoms with Crippen LogP contribution in [-0.2, 0) is 9.05 Å². The first kappa shape index (κ1) is 14.1. The molecule has 2 aromatic rings. The van der Waals surface area contributed by atoms with Crippen molar-refractivity contribution in [2.75, 3.05) is 0 Å². The summed E-state index contributed by atoms with van der Waals surface area (Å²) in [5.74, 6) is 0. The lowest BCUT2D eigenvalue weighted by atomic mass is 9.98. The summed E-state index contributed by atoms with van der Waals surface area (Å²) in [6.45, 7) is 3.88. The molecular weight excluding hydrogens is 280 g/mol. The Morgan fingerprint density at radius 3 is 2.16 bits per heavy atom. The first-order chi connectivity index (χ1) is 8.89. The van der Waals surface area contributed by atoms with Crippen LogP contribution in [0, 0.1) is 13.8 Å². The molecular formula is C15H15ClO2S. The summed E-state index contributed by atoms with van der Waals surface area (Å²) in [5.41, 5.74) is 3.44. The summed E-state index contributed by atoms with van der Waals surface area (Å²) in [6.07, 6.45) is 0. The van der Waals surface area contributed by atoms with Gasteiger partial charge in [0.25, 0.3) is 0 Å². The minimum atomic E-state index is -3.73. The molecule has 2 aromatic carbocycles. The molecule has 0 aliphatic heterocycles. The van der Waals surface area contributed by atoms with Crippen molar-refractivity contribution in [3.63, 3.8) is 0 Å². The van der Waals surface area contributed by atoms with E-state index >= 15 is 0 Å². The number of halogens is 1. The Morgan fingerprint density at radius 2 is 1.63 bits per heavy atom. The summed E-state index contributed by atoms with van der Waals surface area (Å²) >= 11 is 0. The highest BCUT2D eigenvalue weighted by atomic mass is 35.7. The second-order valence-corrected chi connectivity index (χ2v) is 7.34.